The van der Waals surface area contributed by atoms with Crippen molar-refractivity contribution >= 4 is 17.0 Å². The van der Waals surface area contributed by atoms with Crippen molar-refractivity contribution in [2.75, 3.05) is 5.32 Å². The maximum atomic E-state index is 12.5. The van der Waals surface area contributed by atoms with Crippen LogP contribution in [-0.4, -0.2) is 51.9 Å². The fraction of sp³-hybridized carbons (Fsp3) is 0.455. The molecule has 12 heteroatoms. The van der Waals surface area contributed by atoms with Crippen LogP contribution in [0.4, 0.5) is 14.6 Å². The summed E-state index contributed by atoms with van der Waals surface area (Å²) in [5.74, 6) is 3.85. The molecule has 0 aromatic carbocycles. The van der Waals surface area contributed by atoms with Crippen molar-refractivity contribution in [1.82, 2.24) is 39.3 Å². The Morgan fingerprint density at radius 2 is 2.03 bits per heavy atom. The number of halogens is 2. The minimum absolute atomic E-state index is 0.142. The van der Waals surface area contributed by atoms with Crippen LogP contribution in [0.15, 0.2) is 24.7 Å². The molecule has 0 amide bonds. The van der Waals surface area contributed by atoms with Gasteiger partial charge in [0.25, 0.3) is 0 Å². The van der Waals surface area contributed by atoms with Crippen LogP contribution in [0.25, 0.3) is 22.6 Å². The van der Waals surface area contributed by atoms with E-state index in [1.54, 1.807) is 6.07 Å². The van der Waals surface area contributed by atoms with Crippen molar-refractivity contribution in [1.29, 1.82) is 0 Å². The number of aromatic nitrogens is 8. The number of alkyl halides is 2. The highest BCUT2D eigenvalue weighted by Gasteiger charge is 2.33. The minimum atomic E-state index is -2.92. The molecule has 2 aliphatic rings. The van der Waals surface area contributed by atoms with Gasteiger partial charge >= 0.3 is 6.61 Å². The average Bonchev–Trinajstić information content (AvgIpc) is 3.47. The quantitative estimate of drug-likeness (QED) is 0.441. The molecule has 0 radical (unpaired) electrons. The SMILES string of the molecule is CCn1c(-c2ccc(OC(F)F)nc2)nc2c(N[C@@H]3CCc4nnc(C5CC5)n4C3)ncnc21. The van der Waals surface area contributed by atoms with Crippen molar-refractivity contribution in [3.05, 3.63) is 36.3 Å². The number of nitrogens with one attached hydrogen (secondary N) is 1. The molecule has 1 fully saturated rings. The van der Waals surface area contributed by atoms with E-state index in [2.05, 4.69) is 39.8 Å². The van der Waals surface area contributed by atoms with E-state index in [0.29, 0.717) is 40.8 Å². The maximum Gasteiger partial charge on any atom is 0.388 e. The number of aryl methyl sites for hydroxylation is 2. The van der Waals surface area contributed by atoms with Crippen LogP contribution in [0.1, 0.15) is 43.8 Å². The standard InChI is InChI=1S/C22H23F2N9O/c1-2-32-19(13-5-8-16(25-9-13)34-22(23)24)29-17-18(26-11-27-21(17)32)28-14-6-7-15-30-31-20(12-3-4-12)33(15)10-14/h5,8-9,11-12,14,22H,2-4,6-7,10H2,1H3,(H,26,27,28)/t14-/m1/s1. The van der Waals surface area contributed by atoms with Crippen LogP contribution in [0.2, 0.25) is 0 Å². The monoisotopic (exact) mass is 467 g/mol. The van der Waals surface area contributed by atoms with E-state index >= 15 is 0 Å². The van der Waals surface area contributed by atoms with Crippen LogP contribution >= 0.6 is 0 Å². The number of hydrogen-bond acceptors (Lipinski definition) is 8. The van der Waals surface area contributed by atoms with Crippen molar-refractivity contribution in [3.8, 4) is 17.3 Å². The minimum Gasteiger partial charge on any atom is -0.417 e. The smallest absolute Gasteiger partial charge is 0.388 e. The molecular weight excluding hydrogens is 444 g/mol. The first kappa shape index (κ1) is 20.9. The van der Waals surface area contributed by atoms with Gasteiger partial charge in [0.05, 0.1) is 0 Å². The lowest BCUT2D eigenvalue weighted by atomic mass is 10.1. The maximum absolute atomic E-state index is 12.5. The van der Waals surface area contributed by atoms with Crippen molar-refractivity contribution in [2.24, 2.45) is 0 Å². The Labute approximate surface area is 193 Å². The van der Waals surface area contributed by atoms with Gasteiger partial charge in [-0.15, -0.1) is 10.2 Å². The summed E-state index contributed by atoms with van der Waals surface area (Å²) in [5, 5.41) is 12.4. The number of fused-ring (bicyclic) bond motifs is 2. The first-order valence-corrected chi connectivity index (χ1v) is 11.4. The number of pyridine rings is 1. The number of hydrogen-bond donors (Lipinski definition) is 1. The van der Waals surface area contributed by atoms with Crippen molar-refractivity contribution < 1.29 is 13.5 Å². The van der Waals surface area contributed by atoms with Gasteiger partial charge in [-0.3, -0.25) is 0 Å². The molecule has 5 heterocycles. The molecule has 0 saturated heterocycles. The zero-order valence-electron chi connectivity index (χ0n) is 18.5. The molecule has 4 aromatic rings. The molecule has 0 unspecified atom stereocenters. The molecule has 1 aliphatic carbocycles. The summed E-state index contributed by atoms with van der Waals surface area (Å²) >= 11 is 0. The number of nitrogens with zero attached hydrogens (tertiary/aromatic N) is 8. The summed E-state index contributed by atoms with van der Waals surface area (Å²) in [4.78, 5) is 17.7. The predicted octanol–water partition coefficient (Wildman–Crippen LogP) is 3.41. The van der Waals surface area contributed by atoms with Gasteiger partial charge in [0, 0.05) is 49.3 Å². The molecule has 10 nitrogen and oxygen atoms in total. The van der Waals surface area contributed by atoms with E-state index in [0.717, 1.165) is 31.0 Å². The lowest BCUT2D eigenvalue weighted by Crippen LogP contribution is -2.32. The third-order valence-corrected chi connectivity index (χ3v) is 6.31. The van der Waals surface area contributed by atoms with E-state index in [1.807, 2.05) is 11.5 Å². The fourth-order valence-electron chi connectivity index (χ4n) is 4.54. The summed E-state index contributed by atoms with van der Waals surface area (Å²) < 4.78 is 33.5. The topological polar surface area (TPSA) is 108 Å². The lowest BCUT2D eigenvalue weighted by Gasteiger charge is -2.25. The highest BCUT2D eigenvalue weighted by atomic mass is 19.3. The molecule has 0 bridgehead atoms. The third-order valence-electron chi connectivity index (χ3n) is 6.31. The Morgan fingerprint density at radius 1 is 1.15 bits per heavy atom. The van der Waals surface area contributed by atoms with Gasteiger partial charge in [0.15, 0.2) is 17.0 Å². The van der Waals surface area contributed by atoms with Gasteiger partial charge in [-0.25, -0.2) is 19.9 Å². The van der Waals surface area contributed by atoms with E-state index in [1.165, 1.54) is 31.4 Å². The molecule has 6 rings (SSSR count). The van der Waals surface area contributed by atoms with Crippen LogP contribution in [-0.2, 0) is 19.5 Å². The molecular formula is C22H23F2N9O. The van der Waals surface area contributed by atoms with Gasteiger partial charge in [0.1, 0.15) is 23.8 Å². The summed E-state index contributed by atoms with van der Waals surface area (Å²) in [7, 11) is 0. The second kappa shape index (κ2) is 8.26. The average molecular weight is 467 g/mol. The van der Waals surface area contributed by atoms with Crippen LogP contribution < -0.4 is 10.1 Å². The fourth-order valence-corrected chi connectivity index (χ4v) is 4.54. The Kier molecular flexibility index (Phi) is 5.07. The molecule has 1 aliphatic heterocycles. The summed E-state index contributed by atoms with van der Waals surface area (Å²) in [5.41, 5.74) is 2.03. The van der Waals surface area contributed by atoms with Crippen LogP contribution in [0, 0.1) is 0 Å². The van der Waals surface area contributed by atoms with Gasteiger partial charge in [-0.2, -0.15) is 8.78 Å². The Bertz CT molecular complexity index is 1330. The highest BCUT2D eigenvalue weighted by molar-refractivity contribution is 5.86. The van der Waals surface area contributed by atoms with Gasteiger partial charge in [0.2, 0.25) is 5.88 Å². The molecule has 1 N–H and O–H groups in total. The van der Waals surface area contributed by atoms with E-state index in [9.17, 15) is 8.78 Å². The third kappa shape index (κ3) is 3.72. The normalized spacial score (nSPS) is 17.8. The first-order valence-electron chi connectivity index (χ1n) is 11.4. The molecule has 34 heavy (non-hydrogen) atoms. The number of ether oxygens (including phenoxy) is 1. The summed E-state index contributed by atoms with van der Waals surface area (Å²) in [6.07, 6.45) is 7.15. The molecule has 1 saturated carbocycles. The van der Waals surface area contributed by atoms with Gasteiger partial charge < -0.3 is 19.2 Å². The predicted molar refractivity (Wildman–Crippen MR) is 119 cm³/mol. The van der Waals surface area contributed by atoms with E-state index in [-0.39, 0.29) is 11.9 Å². The summed E-state index contributed by atoms with van der Waals surface area (Å²) in [6, 6.07) is 3.23. The molecule has 4 aromatic heterocycles. The Morgan fingerprint density at radius 3 is 2.76 bits per heavy atom. The zero-order valence-corrected chi connectivity index (χ0v) is 18.5. The molecule has 1 atom stereocenters. The highest BCUT2D eigenvalue weighted by Crippen LogP contribution is 2.40. The summed E-state index contributed by atoms with van der Waals surface area (Å²) in [6.45, 7) is 0.485. The number of rotatable bonds is 7. The zero-order chi connectivity index (χ0) is 23.2. The van der Waals surface area contributed by atoms with Crippen molar-refractivity contribution in [2.45, 2.75) is 64.3 Å². The van der Waals surface area contributed by atoms with E-state index < -0.39 is 6.61 Å². The lowest BCUT2D eigenvalue weighted by molar-refractivity contribution is -0.0528. The Hall–Kier alpha value is -3.70. The van der Waals surface area contributed by atoms with Gasteiger partial charge in [-0.05, 0) is 32.3 Å². The number of anilines is 1. The first-order chi connectivity index (χ1) is 16.6. The molecule has 176 valence electrons. The van der Waals surface area contributed by atoms with Gasteiger partial charge in [-0.1, -0.05) is 0 Å². The Balaban J connectivity index is 1.30. The van der Waals surface area contributed by atoms with E-state index in [4.69, 9.17) is 4.98 Å². The largest absolute Gasteiger partial charge is 0.417 e. The second-order valence-corrected chi connectivity index (χ2v) is 8.58. The van der Waals surface area contributed by atoms with Crippen LogP contribution in [0.3, 0.4) is 0 Å². The molecule has 0 spiro atoms. The van der Waals surface area contributed by atoms with Crippen LogP contribution in [0.5, 0.6) is 5.88 Å². The number of imidazole rings is 1. The second-order valence-electron chi connectivity index (χ2n) is 8.58. The van der Waals surface area contributed by atoms with Crippen molar-refractivity contribution in [3.63, 3.8) is 0 Å².